The van der Waals surface area contributed by atoms with Gasteiger partial charge in [0, 0.05) is 22.6 Å². The summed E-state index contributed by atoms with van der Waals surface area (Å²) in [4.78, 5) is 31.0. The summed E-state index contributed by atoms with van der Waals surface area (Å²) in [6.07, 6.45) is 0.0484. The van der Waals surface area contributed by atoms with E-state index in [1.54, 1.807) is 50.1 Å². The smallest absolute Gasteiger partial charge is 0.261 e. The number of hydrogen-bond acceptors (Lipinski definition) is 9. The molecule has 0 aliphatic carbocycles. The first-order valence-electron chi connectivity index (χ1n) is 14.2. The van der Waals surface area contributed by atoms with Gasteiger partial charge in [0.15, 0.2) is 26.3 Å². The first-order chi connectivity index (χ1) is 21.5. The van der Waals surface area contributed by atoms with Crippen molar-refractivity contribution >= 4 is 47.1 Å². The predicted octanol–water partition coefficient (Wildman–Crippen LogP) is 7.38. The number of nitrogens with zero attached hydrogens (tertiary/aromatic N) is 3. The first kappa shape index (κ1) is 31.0. The Bertz CT molecular complexity index is 1730. The summed E-state index contributed by atoms with van der Waals surface area (Å²) < 4.78 is 17.9. The largest absolute Gasteiger partial charge is 0.454 e. The van der Waals surface area contributed by atoms with Gasteiger partial charge in [-0.05, 0) is 62.4 Å². The van der Waals surface area contributed by atoms with Crippen molar-refractivity contribution in [2.24, 2.45) is 5.41 Å². The molecule has 2 amide bonds. The molecule has 0 bridgehead atoms. The average Bonchev–Trinajstić information content (AvgIpc) is 3.60. The number of benzene rings is 3. The molecule has 0 N–H and O–H groups in total. The second-order valence-electron chi connectivity index (χ2n) is 11.3. The van der Waals surface area contributed by atoms with E-state index in [9.17, 15) is 10.1 Å². The highest BCUT2D eigenvalue weighted by molar-refractivity contribution is 8.23. The highest BCUT2D eigenvalue weighted by Crippen LogP contribution is 2.64. The maximum Gasteiger partial charge on any atom is 0.261 e. The van der Waals surface area contributed by atoms with Gasteiger partial charge in [0.2, 0.25) is 6.79 Å². The van der Waals surface area contributed by atoms with Crippen molar-refractivity contribution in [3.05, 3.63) is 107 Å². The molecule has 4 atom stereocenters. The van der Waals surface area contributed by atoms with E-state index in [2.05, 4.69) is 19.2 Å². The van der Waals surface area contributed by atoms with E-state index in [-0.39, 0.29) is 30.1 Å². The Hall–Kier alpha value is -3.98. The van der Waals surface area contributed by atoms with Gasteiger partial charge in [0.1, 0.15) is 5.75 Å². The normalized spacial score (nSPS) is 26.8. The van der Waals surface area contributed by atoms with Gasteiger partial charge in [-0.2, -0.15) is 5.26 Å². The van der Waals surface area contributed by atoms with Gasteiger partial charge >= 0.3 is 0 Å². The predicted molar refractivity (Wildman–Crippen MR) is 177 cm³/mol. The second-order valence-corrected chi connectivity index (χ2v) is 15.6. The fourth-order valence-electron chi connectivity index (χ4n) is 6.09. The molecule has 2 saturated heterocycles. The van der Waals surface area contributed by atoms with Crippen LogP contribution in [0.1, 0.15) is 31.9 Å². The van der Waals surface area contributed by atoms with Crippen LogP contribution >= 0.6 is 35.3 Å². The fraction of sp³-hybridized carbons (Fsp3) is 0.265. The zero-order valence-corrected chi connectivity index (χ0v) is 27.5. The van der Waals surface area contributed by atoms with Crippen LogP contribution in [0.25, 0.3) is 0 Å². The lowest BCUT2D eigenvalue weighted by molar-refractivity contribution is -0.163. The van der Waals surface area contributed by atoms with Crippen LogP contribution in [0.2, 0.25) is 0 Å². The zero-order valence-electron chi connectivity index (χ0n) is 25.0. The fourth-order valence-corrected chi connectivity index (χ4v) is 9.83. The summed E-state index contributed by atoms with van der Waals surface area (Å²) in [7, 11) is 1.63. The lowest BCUT2D eigenvalue weighted by atomic mass is 9.79. The molecule has 230 valence electrons. The van der Waals surface area contributed by atoms with Crippen LogP contribution in [0.3, 0.4) is 0 Å². The molecule has 0 radical (unpaired) electrons. The maximum atomic E-state index is 15.1. The molecule has 2 fully saturated rings. The molecular weight excluding hydrogens is 627 g/mol. The van der Waals surface area contributed by atoms with Crippen molar-refractivity contribution in [2.45, 2.75) is 40.9 Å². The van der Waals surface area contributed by atoms with E-state index >= 15 is 4.79 Å². The molecule has 3 aromatic rings. The number of nitriles is 1. The Balaban J connectivity index is 1.44. The van der Waals surface area contributed by atoms with Crippen molar-refractivity contribution in [3.8, 4) is 23.3 Å². The number of amides is 2. The van der Waals surface area contributed by atoms with E-state index in [0.717, 1.165) is 16.7 Å². The number of piperazine rings is 1. The number of fused-ring (bicyclic) bond motifs is 2. The number of rotatable bonds is 9. The van der Waals surface area contributed by atoms with Gasteiger partial charge in [0.05, 0.1) is 17.5 Å². The quantitative estimate of drug-likeness (QED) is 0.173. The molecule has 6 rings (SSSR count). The van der Waals surface area contributed by atoms with Crippen LogP contribution in [0, 0.1) is 16.7 Å². The third-order valence-corrected chi connectivity index (χ3v) is 11.7. The van der Waals surface area contributed by atoms with Crippen LogP contribution in [0.15, 0.2) is 106 Å². The van der Waals surface area contributed by atoms with Gasteiger partial charge in [0.25, 0.3) is 11.8 Å². The standard InChI is InChI=1S/C34H31N3O5S3/c1-22(42-25-12-8-6-9-13-25)44-34-19-32(3,20-35)29(24-16-17-27-28(18-24)41-21-40-27)37(34)30(38)33(4,36(5)31(34)39)45-23(2)43-26-14-10-7-11-15-26/h6-18,29H,1-2,19,21H2,3-5H3/t29?,32-,33+,34?/m1/s1. The van der Waals surface area contributed by atoms with Crippen molar-refractivity contribution in [1.29, 1.82) is 5.26 Å². The average molecular weight is 658 g/mol. The van der Waals surface area contributed by atoms with Crippen LogP contribution in [0.5, 0.6) is 17.2 Å². The topological polar surface area (TPSA) is 92.1 Å². The van der Waals surface area contributed by atoms with Gasteiger partial charge < -0.3 is 24.0 Å². The Kier molecular flexibility index (Phi) is 8.10. The Labute approximate surface area is 275 Å². The monoisotopic (exact) mass is 657 g/mol. The van der Waals surface area contributed by atoms with Gasteiger partial charge in [-0.1, -0.05) is 84.3 Å². The lowest BCUT2D eigenvalue weighted by Gasteiger charge is -2.53. The Morgan fingerprint density at radius 3 is 2.31 bits per heavy atom. The molecular formula is C34H31N3O5S3. The van der Waals surface area contributed by atoms with Crippen LogP contribution in [-0.2, 0) is 9.59 Å². The molecule has 11 heteroatoms. The van der Waals surface area contributed by atoms with Gasteiger partial charge in [-0.25, -0.2) is 0 Å². The molecule has 3 aliphatic rings. The number of likely N-dealkylation sites (N-methyl/N-ethyl adjacent to an activating group) is 1. The molecule has 3 aliphatic heterocycles. The number of carbonyl (C=O) groups is 2. The van der Waals surface area contributed by atoms with Crippen molar-refractivity contribution in [3.63, 3.8) is 0 Å². The summed E-state index contributed by atoms with van der Waals surface area (Å²) in [6.45, 7) is 12.0. The van der Waals surface area contributed by atoms with E-state index in [4.69, 9.17) is 14.2 Å². The zero-order chi connectivity index (χ0) is 32.0. The lowest BCUT2D eigenvalue weighted by Crippen LogP contribution is -2.71. The summed E-state index contributed by atoms with van der Waals surface area (Å²) in [6, 6.07) is 25.9. The summed E-state index contributed by atoms with van der Waals surface area (Å²) in [5.41, 5.74) is -0.498. The third-order valence-electron chi connectivity index (χ3n) is 8.26. The van der Waals surface area contributed by atoms with E-state index < -0.39 is 21.2 Å². The number of hydrogen-bond donors (Lipinski definition) is 0. The third kappa shape index (κ3) is 5.35. The van der Waals surface area contributed by atoms with E-state index in [1.165, 1.54) is 28.4 Å². The van der Waals surface area contributed by atoms with E-state index in [0.29, 0.717) is 27.0 Å². The second kappa shape index (κ2) is 11.7. The van der Waals surface area contributed by atoms with Crippen molar-refractivity contribution in [2.75, 3.05) is 13.8 Å². The SMILES string of the molecule is C=C(Oc1ccccc1)SC12C[C@](C)(C#N)C(c3ccc4c(c3)OCO4)N1C(=O)[C@](C)(SC(=C)Sc1ccccc1)N(C)C2=O. The molecule has 8 nitrogen and oxygen atoms in total. The van der Waals surface area contributed by atoms with Crippen molar-refractivity contribution in [1.82, 2.24) is 9.80 Å². The molecule has 3 heterocycles. The number of ether oxygens (including phenoxy) is 3. The van der Waals surface area contributed by atoms with E-state index in [1.807, 2.05) is 54.6 Å². The number of para-hydroxylation sites is 1. The highest BCUT2D eigenvalue weighted by Gasteiger charge is 2.71. The number of carbonyl (C=O) groups excluding carboxylic acids is 2. The Morgan fingerprint density at radius 1 is 0.956 bits per heavy atom. The Morgan fingerprint density at radius 2 is 1.62 bits per heavy atom. The van der Waals surface area contributed by atoms with Crippen LogP contribution < -0.4 is 14.2 Å². The molecule has 45 heavy (non-hydrogen) atoms. The summed E-state index contributed by atoms with van der Waals surface area (Å²) in [5, 5.41) is 10.9. The maximum absolute atomic E-state index is 15.1. The minimum atomic E-state index is -1.52. The molecule has 0 spiro atoms. The minimum absolute atomic E-state index is 0.0484. The first-order valence-corrected chi connectivity index (χ1v) is 16.6. The highest BCUT2D eigenvalue weighted by atomic mass is 32.2. The van der Waals surface area contributed by atoms with Gasteiger partial charge in [-0.3, -0.25) is 9.59 Å². The summed E-state index contributed by atoms with van der Waals surface area (Å²) in [5.74, 6) is 0.987. The van der Waals surface area contributed by atoms with Crippen LogP contribution in [-0.4, -0.2) is 45.2 Å². The molecule has 3 aromatic carbocycles. The molecule has 0 aromatic heterocycles. The molecule has 0 saturated carbocycles. The summed E-state index contributed by atoms with van der Waals surface area (Å²) >= 11 is 3.72. The minimum Gasteiger partial charge on any atom is -0.454 e. The van der Waals surface area contributed by atoms with Crippen molar-refractivity contribution < 1.29 is 23.8 Å². The van der Waals surface area contributed by atoms with Gasteiger partial charge in [-0.15, -0.1) is 0 Å². The van der Waals surface area contributed by atoms with Crippen LogP contribution in [0.4, 0.5) is 0 Å². The number of thioether (sulfide) groups is 3. The molecule has 2 unspecified atom stereocenters.